The average Bonchev–Trinajstić information content (AvgIpc) is 3.07. The van der Waals surface area contributed by atoms with E-state index in [9.17, 15) is 14.9 Å². The second kappa shape index (κ2) is 6.03. The van der Waals surface area contributed by atoms with Crippen molar-refractivity contribution in [2.45, 2.75) is 6.17 Å². The molecule has 7 heteroatoms. The highest BCUT2D eigenvalue weighted by Crippen LogP contribution is 2.39. The Morgan fingerprint density at radius 1 is 1.00 bits per heavy atom. The molecule has 0 saturated carbocycles. The number of anilines is 1. The molecule has 4 rings (SSSR count). The molecule has 6 nitrogen and oxygen atoms in total. The third kappa shape index (κ3) is 2.74. The van der Waals surface area contributed by atoms with Crippen molar-refractivity contribution in [2.75, 3.05) is 5.32 Å². The first-order valence-corrected chi connectivity index (χ1v) is 8.50. The number of carbonyl (C=O) groups excluding carboxylic acids is 1. The van der Waals surface area contributed by atoms with Crippen molar-refractivity contribution in [3.8, 4) is 11.1 Å². The zero-order valence-electron chi connectivity index (χ0n) is 12.9. The molecule has 0 spiro atoms. The second-order valence-corrected chi connectivity index (χ2v) is 6.50. The second-order valence-electron chi connectivity index (χ2n) is 5.62. The SMILES string of the molecule is O=C1N[C@H](c2ccc([N+](=O)[O-])cc2)Nc2scc(-c3ccccc3)c21. The maximum absolute atomic E-state index is 12.6. The van der Waals surface area contributed by atoms with Crippen molar-refractivity contribution in [2.24, 2.45) is 0 Å². The van der Waals surface area contributed by atoms with Crippen LogP contribution in [0, 0.1) is 10.1 Å². The van der Waals surface area contributed by atoms with Crippen molar-refractivity contribution in [1.82, 2.24) is 5.32 Å². The number of nitro groups is 1. The Morgan fingerprint density at radius 3 is 2.40 bits per heavy atom. The molecule has 0 unspecified atom stereocenters. The molecule has 0 fully saturated rings. The van der Waals surface area contributed by atoms with E-state index in [1.54, 1.807) is 12.1 Å². The van der Waals surface area contributed by atoms with Gasteiger partial charge in [0.05, 0.1) is 10.5 Å². The van der Waals surface area contributed by atoms with Gasteiger partial charge in [-0.05, 0) is 23.3 Å². The van der Waals surface area contributed by atoms with Crippen molar-refractivity contribution < 1.29 is 9.72 Å². The van der Waals surface area contributed by atoms with E-state index in [1.165, 1.54) is 23.5 Å². The summed E-state index contributed by atoms with van der Waals surface area (Å²) in [4.78, 5) is 23.0. The number of nitro benzene ring substituents is 1. The van der Waals surface area contributed by atoms with Crippen LogP contribution in [0.1, 0.15) is 22.1 Å². The molecule has 1 aliphatic heterocycles. The topological polar surface area (TPSA) is 84.3 Å². The van der Waals surface area contributed by atoms with Gasteiger partial charge in [0.15, 0.2) is 0 Å². The molecule has 124 valence electrons. The van der Waals surface area contributed by atoms with Crippen LogP contribution in [0.25, 0.3) is 11.1 Å². The fourth-order valence-electron chi connectivity index (χ4n) is 2.85. The number of non-ortho nitro benzene ring substituents is 1. The highest BCUT2D eigenvalue weighted by Gasteiger charge is 2.29. The van der Waals surface area contributed by atoms with Gasteiger partial charge in [-0.1, -0.05) is 30.3 Å². The molecular weight excluding hydrogens is 338 g/mol. The number of rotatable bonds is 3. The Bertz CT molecular complexity index is 951. The molecular formula is C18H13N3O3S. The lowest BCUT2D eigenvalue weighted by molar-refractivity contribution is -0.384. The lowest BCUT2D eigenvalue weighted by Crippen LogP contribution is -2.37. The molecule has 0 aliphatic carbocycles. The van der Waals surface area contributed by atoms with Crippen LogP contribution in [0.4, 0.5) is 10.7 Å². The highest BCUT2D eigenvalue weighted by atomic mass is 32.1. The number of carbonyl (C=O) groups is 1. The Morgan fingerprint density at radius 2 is 1.72 bits per heavy atom. The van der Waals surface area contributed by atoms with Crippen LogP contribution in [0.2, 0.25) is 0 Å². The highest BCUT2D eigenvalue weighted by molar-refractivity contribution is 7.15. The average molecular weight is 351 g/mol. The summed E-state index contributed by atoms with van der Waals surface area (Å²) < 4.78 is 0. The third-order valence-electron chi connectivity index (χ3n) is 4.09. The Hall–Kier alpha value is -3.19. The predicted octanol–water partition coefficient (Wildman–Crippen LogP) is 4.18. The fourth-order valence-corrected chi connectivity index (χ4v) is 3.84. The minimum absolute atomic E-state index is 0.0223. The van der Waals surface area contributed by atoms with E-state index >= 15 is 0 Å². The third-order valence-corrected chi connectivity index (χ3v) is 5.00. The predicted molar refractivity (Wildman–Crippen MR) is 96.7 cm³/mol. The Balaban J connectivity index is 1.65. The molecule has 2 N–H and O–H groups in total. The van der Waals surface area contributed by atoms with Gasteiger partial charge in [0.25, 0.3) is 11.6 Å². The number of nitrogens with one attached hydrogen (secondary N) is 2. The van der Waals surface area contributed by atoms with Crippen molar-refractivity contribution in [1.29, 1.82) is 0 Å². The number of hydrogen-bond donors (Lipinski definition) is 2. The first kappa shape index (κ1) is 15.3. The lowest BCUT2D eigenvalue weighted by Gasteiger charge is -2.26. The molecule has 2 heterocycles. The van der Waals surface area contributed by atoms with Crippen LogP contribution < -0.4 is 10.6 Å². The number of amides is 1. The van der Waals surface area contributed by atoms with Gasteiger partial charge >= 0.3 is 0 Å². The minimum atomic E-state index is -0.444. The summed E-state index contributed by atoms with van der Waals surface area (Å²) in [6.07, 6.45) is -0.414. The summed E-state index contributed by atoms with van der Waals surface area (Å²) in [6, 6.07) is 15.9. The summed E-state index contributed by atoms with van der Waals surface area (Å²) in [6.45, 7) is 0. The van der Waals surface area contributed by atoms with E-state index in [1.807, 2.05) is 35.7 Å². The van der Waals surface area contributed by atoms with Crippen LogP contribution in [0.3, 0.4) is 0 Å². The van der Waals surface area contributed by atoms with Gasteiger partial charge in [0, 0.05) is 23.1 Å². The maximum Gasteiger partial charge on any atom is 0.269 e. The number of nitrogens with zero attached hydrogens (tertiary/aromatic N) is 1. The zero-order chi connectivity index (χ0) is 17.4. The van der Waals surface area contributed by atoms with E-state index in [0.29, 0.717) is 5.56 Å². The molecule has 25 heavy (non-hydrogen) atoms. The van der Waals surface area contributed by atoms with Gasteiger partial charge in [0.1, 0.15) is 11.2 Å². The van der Waals surface area contributed by atoms with Gasteiger partial charge in [0.2, 0.25) is 0 Å². The maximum atomic E-state index is 12.6. The molecule has 0 radical (unpaired) electrons. The van der Waals surface area contributed by atoms with Crippen LogP contribution in [-0.4, -0.2) is 10.8 Å². The molecule has 0 bridgehead atoms. The quantitative estimate of drug-likeness (QED) is 0.548. The molecule has 1 atom stereocenters. The van der Waals surface area contributed by atoms with E-state index in [-0.39, 0.29) is 11.6 Å². The van der Waals surface area contributed by atoms with E-state index in [0.717, 1.165) is 21.7 Å². The van der Waals surface area contributed by atoms with Gasteiger partial charge in [-0.2, -0.15) is 0 Å². The Kier molecular flexibility index (Phi) is 3.70. The minimum Gasteiger partial charge on any atom is -0.353 e. The van der Waals surface area contributed by atoms with Gasteiger partial charge in [-0.3, -0.25) is 14.9 Å². The number of fused-ring (bicyclic) bond motifs is 1. The van der Waals surface area contributed by atoms with Gasteiger partial charge < -0.3 is 10.6 Å². The van der Waals surface area contributed by atoms with Gasteiger partial charge in [-0.25, -0.2) is 0 Å². The first-order chi connectivity index (χ1) is 12.1. The van der Waals surface area contributed by atoms with E-state index in [2.05, 4.69) is 10.6 Å². The fraction of sp³-hybridized carbons (Fsp3) is 0.0556. The smallest absolute Gasteiger partial charge is 0.269 e. The summed E-state index contributed by atoms with van der Waals surface area (Å²) in [5.41, 5.74) is 3.31. The normalized spacial score (nSPS) is 15.8. The van der Waals surface area contributed by atoms with Crippen LogP contribution in [0.15, 0.2) is 60.0 Å². The number of thiophene rings is 1. The zero-order valence-corrected chi connectivity index (χ0v) is 13.7. The standard InChI is InChI=1S/C18H13N3O3S/c22-17-15-14(11-4-2-1-3-5-11)10-25-18(15)20-16(19-17)12-6-8-13(9-7-12)21(23)24/h1-10,16,20H,(H,19,22)/t16-/m0/s1. The molecule has 1 aromatic heterocycles. The Labute approximate surface area is 147 Å². The molecule has 2 aromatic carbocycles. The first-order valence-electron chi connectivity index (χ1n) is 7.62. The van der Waals surface area contributed by atoms with Crippen LogP contribution >= 0.6 is 11.3 Å². The van der Waals surface area contributed by atoms with Crippen molar-refractivity contribution in [3.63, 3.8) is 0 Å². The number of benzene rings is 2. The lowest BCUT2D eigenvalue weighted by atomic mass is 10.0. The summed E-state index contributed by atoms with van der Waals surface area (Å²) in [5.74, 6) is -0.155. The molecule has 3 aromatic rings. The van der Waals surface area contributed by atoms with Crippen LogP contribution in [0.5, 0.6) is 0 Å². The summed E-state index contributed by atoms with van der Waals surface area (Å²) in [7, 11) is 0. The van der Waals surface area contributed by atoms with Crippen molar-refractivity contribution >= 4 is 27.9 Å². The van der Waals surface area contributed by atoms with Crippen molar-refractivity contribution in [3.05, 3.63) is 81.2 Å². The molecule has 0 saturated heterocycles. The largest absolute Gasteiger partial charge is 0.353 e. The monoisotopic (exact) mass is 351 g/mol. The van der Waals surface area contributed by atoms with E-state index in [4.69, 9.17) is 0 Å². The van der Waals surface area contributed by atoms with Crippen LogP contribution in [-0.2, 0) is 0 Å². The van der Waals surface area contributed by atoms with Gasteiger partial charge in [-0.15, -0.1) is 11.3 Å². The number of hydrogen-bond acceptors (Lipinski definition) is 5. The molecule has 1 aliphatic rings. The summed E-state index contributed by atoms with van der Waals surface area (Å²) in [5, 5.41) is 19.7. The molecule has 1 amide bonds. The van der Waals surface area contributed by atoms with E-state index < -0.39 is 11.1 Å². The summed E-state index contributed by atoms with van der Waals surface area (Å²) >= 11 is 1.48.